The summed E-state index contributed by atoms with van der Waals surface area (Å²) in [6.07, 6.45) is 5.17. The Bertz CT molecular complexity index is 392. The molecule has 0 saturated heterocycles. The number of rotatable bonds is 2. The fourth-order valence-electron chi connectivity index (χ4n) is 2.09. The maximum absolute atomic E-state index is 9.28. The number of aliphatic hydroxyl groups is 1. The number of phenolic OH excluding ortho intramolecular Hbond substituents is 1. The van der Waals surface area contributed by atoms with Crippen LogP contribution in [0.25, 0.3) is 5.57 Å². The zero-order chi connectivity index (χ0) is 11.6. The molecule has 2 heteroatoms. The van der Waals surface area contributed by atoms with Gasteiger partial charge in [0.05, 0.1) is 0 Å². The first kappa shape index (κ1) is 11.2. The quantitative estimate of drug-likeness (QED) is 0.801. The Morgan fingerprint density at radius 1 is 1.25 bits per heavy atom. The van der Waals surface area contributed by atoms with Crippen LogP contribution in [0.1, 0.15) is 31.7 Å². The summed E-state index contributed by atoms with van der Waals surface area (Å²) in [6.45, 7) is 2.38. The summed E-state index contributed by atoms with van der Waals surface area (Å²) >= 11 is 0. The summed E-state index contributed by atoms with van der Waals surface area (Å²) in [6, 6.07) is 7.33. The summed E-state index contributed by atoms with van der Waals surface area (Å²) in [5.74, 6) is 0.306. The lowest BCUT2D eigenvalue weighted by atomic mass is 9.76. The van der Waals surface area contributed by atoms with Crippen molar-refractivity contribution in [1.29, 1.82) is 0 Å². The summed E-state index contributed by atoms with van der Waals surface area (Å²) in [7, 11) is 0. The number of hydrogen-bond donors (Lipinski definition) is 2. The smallest absolute Gasteiger partial charge is 0.115 e. The first-order valence-corrected chi connectivity index (χ1v) is 5.72. The molecule has 0 heterocycles. The van der Waals surface area contributed by atoms with Gasteiger partial charge in [-0.2, -0.15) is 0 Å². The van der Waals surface area contributed by atoms with Crippen molar-refractivity contribution in [2.45, 2.75) is 26.2 Å². The number of aliphatic hydroxyl groups excluding tert-OH is 1. The molecule has 0 saturated carbocycles. The summed E-state index contributed by atoms with van der Waals surface area (Å²) < 4.78 is 0. The van der Waals surface area contributed by atoms with Gasteiger partial charge in [0.1, 0.15) is 5.75 Å². The van der Waals surface area contributed by atoms with Crippen LogP contribution in [-0.2, 0) is 0 Å². The van der Waals surface area contributed by atoms with E-state index < -0.39 is 0 Å². The molecule has 16 heavy (non-hydrogen) atoms. The van der Waals surface area contributed by atoms with Crippen molar-refractivity contribution >= 4 is 5.57 Å². The second-order valence-electron chi connectivity index (χ2n) is 4.95. The molecule has 86 valence electrons. The molecule has 1 aliphatic rings. The van der Waals surface area contributed by atoms with Crippen LogP contribution in [0, 0.1) is 5.41 Å². The highest BCUT2D eigenvalue weighted by Crippen LogP contribution is 2.38. The Morgan fingerprint density at radius 2 is 1.94 bits per heavy atom. The third-order valence-electron chi connectivity index (χ3n) is 3.46. The van der Waals surface area contributed by atoms with Gasteiger partial charge in [-0.15, -0.1) is 0 Å². The van der Waals surface area contributed by atoms with Gasteiger partial charge in [-0.05, 0) is 47.9 Å². The van der Waals surface area contributed by atoms with Gasteiger partial charge in [-0.3, -0.25) is 0 Å². The Kier molecular flexibility index (Phi) is 3.01. The largest absolute Gasteiger partial charge is 0.508 e. The molecule has 0 spiro atoms. The highest BCUT2D eigenvalue weighted by Gasteiger charge is 2.26. The van der Waals surface area contributed by atoms with Gasteiger partial charge in [-0.25, -0.2) is 0 Å². The third-order valence-corrected chi connectivity index (χ3v) is 3.46. The molecular weight excluding hydrogens is 200 g/mol. The minimum absolute atomic E-state index is 0.0560. The van der Waals surface area contributed by atoms with Crippen molar-refractivity contribution in [3.63, 3.8) is 0 Å². The van der Waals surface area contributed by atoms with Crippen molar-refractivity contribution in [3.8, 4) is 5.75 Å². The average Bonchev–Trinajstić information content (AvgIpc) is 2.32. The molecule has 1 aromatic rings. The normalized spacial score (nSPS) is 25.2. The van der Waals surface area contributed by atoms with Crippen LogP contribution in [-0.4, -0.2) is 16.8 Å². The molecule has 1 aromatic carbocycles. The van der Waals surface area contributed by atoms with Gasteiger partial charge in [0.2, 0.25) is 0 Å². The van der Waals surface area contributed by atoms with Crippen molar-refractivity contribution < 1.29 is 10.2 Å². The van der Waals surface area contributed by atoms with Gasteiger partial charge in [-0.1, -0.05) is 25.1 Å². The van der Waals surface area contributed by atoms with Crippen molar-refractivity contribution in [1.82, 2.24) is 0 Å². The van der Waals surface area contributed by atoms with E-state index >= 15 is 0 Å². The predicted molar refractivity (Wildman–Crippen MR) is 65.1 cm³/mol. The van der Waals surface area contributed by atoms with E-state index in [-0.39, 0.29) is 12.0 Å². The highest BCUT2D eigenvalue weighted by molar-refractivity contribution is 5.66. The van der Waals surface area contributed by atoms with Crippen molar-refractivity contribution in [2.75, 3.05) is 6.61 Å². The van der Waals surface area contributed by atoms with E-state index in [0.717, 1.165) is 19.3 Å². The molecule has 2 N–H and O–H groups in total. The van der Waals surface area contributed by atoms with Crippen LogP contribution >= 0.6 is 0 Å². The van der Waals surface area contributed by atoms with Crippen LogP contribution in [0.2, 0.25) is 0 Å². The van der Waals surface area contributed by atoms with E-state index in [1.807, 2.05) is 12.1 Å². The van der Waals surface area contributed by atoms with E-state index in [2.05, 4.69) is 13.0 Å². The van der Waals surface area contributed by atoms with E-state index in [9.17, 15) is 10.2 Å². The summed E-state index contributed by atoms with van der Waals surface area (Å²) in [5.41, 5.74) is 2.56. The standard InChI is InChI=1S/C14H18O2/c1-14(10-15)8-6-12(7-9-14)11-2-4-13(16)5-3-11/h2-6,15-16H,7-10H2,1H3/t14-/m0/s1. The molecule has 0 fully saturated rings. The number of hydrogen-bond acceptors (Lipinski definition) is 2. The molecule has 2 rings (SSSR count). The van der Waals surface area contributed by atoms with Crippen LogP contribution in [0.15, 0.2) is 30.3 Å². The maximum atomic E-state index is 9.28. The number of phenols is 1. The molecule has 0 bridgehead atoms. The van der Waals surface area contributed by atoms with Crippen LogP contribution in [0.4, 0.5) is 0 Å². The molecule has 0 radical (unpaired) electrons. The molecule has 0 aromatic heterocycles. The van der Waals surface area contributed by atoms with E-state index in [4.69, 9.17) is 0 Å². The molecular formula is C14H18O2. The predicted octanol–water partition coefficient (Wildman–Crippen LogP) is 2.96. The summed E-state index contributed by atoms with van der Waals surface area (Å²) in [4.78, 5) is 0. The van der Waals surface area contributed by atoms with E-state index in [1.54, 1.807) is 12.1 Å². The third kappa shape index (κ3) is 2.27. The Hall–Kier alpha value is -1.28. The molecule has 0 unspecified atom stereocenters. The van der Waals surface area contributed by atoms with Gasteiger partial charge in [0.15, 0.2) is 0 Å². The molecule has 0 amide bonds. The minimum atomic E-state index is 0.0560. The van der Waals surface area contributed by atoms with Gasteiger partial charge in [0, 0.05) is 6.61 Å². The van der Waals surface area contributed by atoms with E-state index in [1.165, 1.54) is 11.1 Å². The fraction of sp³-hybridized carbons (Fsp3) is 0.429. The molecule has 0 aliphatic heterocycles. The lowest BCUT2D eigenvalue weighted by Gasteiger charge is -2.30. The van der Waals surface area contributed by atoms with Gasteiger partial charge >= 0.3 is 0 Å². The fourth-order valence-corrected chi connectivity index (χ4v) is 2.09. The molecule has 2 nitrogen and oxygen atoms in total. The Labute approximate surface area is 96.2 Å². The zero-order valence-corrected chi connectivity index (χ0v) is 9.61. The van der Waals surface area contributed by atoms with Crippen LogP contribution in [0.5, 0.6) is 5.75 Å². The topological polar surface area (TPSA) is 40.5 Å². The first-order chi connectivity index (χ1) is 7.63. The monoisotopic (exact) mass is 218 g/mol. The molecule has 1 aliphatic carbocycles. The van der Waals surface area contributed by atoms with Gasteiger partial charge in [0.25, 0.3) is 0 Å². The second kappa shape index (κ2) is 4.30. The zero-order valence-electron chi connectivity index (χ0n) is 9.61. The van der Waals surface area contributed by atoms with Gasteiger partial charge < -0.3 is 10.2 Å². The lowest BCUT2D eigenvalue weighted by molar-refractivity contribution is 0.133. The SMILES string of the molecule is C[C@]1(CO)CC=C(c2ccc(O)cc2)CC1. The number of benzene rings is 1. The summed E-state index contributed by atoms with van der Waals surface area (Å²) in [5, 5.41) is 18.5. The maximum Gasteiger partial charge on any atom is 0.115 e. The highest BCUT2D eigenvalue weighted by atomic mass is 16.3. The van der Waals surface area contributed by atoms with Crippen LogP contribution < -0.4 is 0 Å². The Morgan fingerprint density at radius 3 is 2.44 bits per heavy atom. The Balaban J connectivity index is 2.16. The first-order valence-electron chi connectivity index (χ1n) is 5.72. The number of allylic oxidation sites excluding steroid dienone is 2. The van der Waals surface area contributed by atoms with Crippen molar-refractivity contribution in [3.05, 3.63) is 35.9 Å². The number of aromatic hydroxyl groups is 1. The van der Waals surface area contributed by atoms with Crippen molar-refractivity contribution in [2.24, 2.45) is 5.41 Å². The van der Waals surface area contributed by atoms with E-state index in [0.29, 0.717) is 5.75 Å². The molecule has 1 atom stereocenters. The average molecular weight is 218 g/mol. The minimum Gasteiger partial charge on any atom is -0.508 e. The lowest BCUT2D eigenvalue weighted by Crippen LogP contribution is -2.23. The second-order valence-corrected chi connectivity index (χ2v) is 4.95. The van der Waals surface area contributed by atoms with Crippen LogP contribution in [0.3, 0.4) is 0 Å².